The smallest absolute Gasteiger partial charge is 0.216 e. The molecular formula is C13H21NO. The van der Waals surface area contributed by atoms with Gasteiger partial charge < -0.3 is 4.74 Å². The van der Waals surface area contributed by atoms with Gasteiger partial charge in [0.15, 0.2) is 0 Å². The first-order chi connectivity index (χ1) is 7.31. The van der Waals surface area contributed by atoms with Crippen molar-refractivity contribution in [3.63, 3.8) is 0 Å². The zero-order chi connectivity index (χ0) is 11.3. The third-order valence-corrected chi connectivity index (χ3v) is 2.77. The minimum Gasteiger partial charge on any atom is -0.481 e. The summed E-state index contributed by atoms with van der Waals surface area (Å²) in [5.74, 6) is 1.59. The van der Waals surface area contributed by atoms with E-state index in [9.17, 15) is 0 Å². The quantitative estimate of drug-likeness (QED) is 0.705. The minimum absolute atomic E-state index is 0.769. The fourth-order valence-corrected chi connectivity index (χ4v) is 1.99. The molecule has 1 unspecified atom stereocenters. The molecule has 0 N–H and O–H groups in total. The molecule has 1 atom stereocenters. The van der Waals surface area contributed by atoms with Crippen LogP contribution in [0.25, 0.3) is 0 Å². The lowest BCUT2D eigenvalue weighted by Crippen LogP contribution is -2.13. The fraction of sp³-hybridized carbons (Fsp3) is 0.615. The summed E-state index contributed by atoms with van der Waals surface area (Å²) < 4.78 is 5.25. The number of hydrogen-bond donors (Lipinski definition) is 0. The molecule has 0 amide bonds. The third-order valence-electron chi connectivity index (χ3n) is 2.77. The van der Waals surface area contributed by atoms with Gasteiger partial charge in [0.25, 0.3) is 0 Å². The molecule has 1 aromatic rings. The minimum atomic E-state index is 0.769. The molecule has 0 spiro atoms. The summed E-state index contributed by atoms with van der Waals surface area (Å²) in [6.45, 7) is 6.29. The van der Waals surface area contributed by atoms with Crippen LogP contribution in [0.1, 0.15) is 38.3 Å². The van der Waals surface area contributed by atoms with Crippen molar-refractivity contribution in [2.24, 2.45) is 5.92 Å². The Balaban J connectivity index is 0.000000531. The molecule has 0 saturated carbocycles. The van der Waals surface area contributed by atoms with Gasteiger partial charge in [-0.05, 0) is 36.8 Å². The summed E-state index contributed by atoms with van der Waals surface area (Å²) in [4.78, 5) is 4.22. The van der Waals surface area contributed by atoms with E-state index in [2.05, 4.69) is 18.0 Å². The van der Waals surface area contributed by atoms with Crippen LogP contribution in [0.5, 0.6) is 5.88 Å². The Morgan fingerprint density at radius 2 is 2.13 bits per heavy atom. The highest BCUT2D eigenvalue weighted by Crippen LogP contribution is 2.30. The second-order valence-electron chi connectivity index (χ2n) is 3.81. The molecule has 0 fully saturated rings. The standard InChI is InChI=1S/C11H15NO.C2H6/c1-8-3-4-9-5-6-12-11(13-2)10(9)7-8;1-2/h5-6,8H,3-4,7H2,1-2H3;1-2H3. The molecule has 15 heavy (non-hydrogen) atoms. The first kappa shape index (κ1) is 12.0. The second-order valence-corrected chi connectivity index (χ2v) is 3.81. The van der Waals surface area contributed by atoms with Gasteiger partial charge in [-0.3, -0.25) is 0 Å². The molecule has 0 radical (unpaired) electrons. The third kappa shape index (κ3) is 2.71. The molecule has 1 aromatic heterocycles. The van der Waals surface area contributed by atoms with Gasteiger partial charge in [-0.25, -0.2) is 4.98 Å². The van der Waals surface area contributed by atoms with Gasteiger partial charge in [0.05, 0.1) is 7.11 Å². The topological polar surface area (TPSA) is 22.1 Å². The van der Waals surface area contributed by atoms with E-state index in [1.54, 1.807) is 7.11 Å². The van der Waals surface area contributed by atoms with Crippen molar-refractivity contribution in [3.8, 4) is 5.88 Å². The Kier molecular flexibility index (Phi) is 4.60. The van der Waals surface area contributed by atoms with Gasteiger partial charge in [-0.1, -0.05) is 20.8 Å². The Morgan fingerprint density at radius 3 is 2.80 bits per heavy atom. The molecule has 84 valence electrons. The molecule has 0 aromatic carbocycles. The fourth-order valence-electron chi connectivity index (χ4n) is 1.99. The lowest BCUT2D eigenvalue weighted by atomic mass is 9.86. The van der Waals surface area contributed by atoms with Crippen LogP contribution < -0.4 is 4.74 Å². The van der Waals surface area contributed by atoms with E-state index in [1.165, 1.54) is 24.0 Å². The van der Waals surface area contributed by atoms with E-state index in [0.29, 0.717) is 0 Å². The van der Waals surface area contributed by atoms with Gasteiger partial charge >= 0.3 is 0 Å². The van der Waals surface area contributed by atoms with Crippen molar-refractivity contribution in [3.05, 3.63) is 23.4 Å². The number of pyridine rings is 1. The number of aromatic nitrogens is 1. The number of nitrogens with zero attached hydrogens (tertiary/aromatic N) is 1. The summed E-state index contributed by atoms with van der Waals surface area (Å²) >= 11 is 0. The van der Waals surface area contributed by atoms with Crippen LogP contribution >= 0.6 is 0 Å². The van der Waals surface area contributed by atoms with Crippen molar-refractivity contribution in [2.75, 3.05) is 7.11 Å². The van der Waals surface area contributed by atoms with Gasteiger partial charge in [0.1, 0.15) is 0 Å². The van der Waals surface area contributed by atoms with Crippen LogP contribution in [0.2, 0.25) is 0 Å². The molecule has 1 heterocycles. The second kappa shape index (κ2) is 5.74. The van der Waals surface area contributed by atoms with Crippen LogP contribution in [0, 0.1) is 5.92 Å². The number of ether oxygens (including phenoxy) is 1. The van der Waals surface area contributed by atoms with Crippen molar-refractivity contribution < 1.29 is 4.74 Å². The largest absolute Gasteiger partial charge is 0.481 e. The normalized spacial score (nSPS) is 18.5. The van der Waals surface area contributed by atoms with Crippen molar-refractivity contribution in [1.82, 2.24) is 4.98 Å². The first-order valence-corrected chi connectivity index (χ1v) is 5.82. The van der Waals surface area contributed by atoms with E-state index < -0.39 is 0 Å². The summed E-state index contributed by atoms with van der Waals surface area (Å²) in [6, 6.07) is 2.11. The number of fused-ring (bicyclic) bond motifs is 1. The molecule has 1 aliphatic carbocycles. The Bertz CT molecular complexity index is 295. The van der Waals surface area contributed by atoms with Gasteiger partial charge in [-0.2, -0.15) is 0 Å². The van der Waals surface area contributed by atoms with Gasteiger partial charge in [0, 0.05) is 11.8 Å². The van der Waals surface area contributed by atoms with E-state index in [0.717, 1.165) is 18.2 Å². The maximum atomic E-state index is 5.25. The lowest BCUT2D eigenvalue weighted by Gasteiger charge is -2.22. The molecule has 2 nitrogen and oxygen atoms in total. The number of rotatable bonds is 1. The summed E-state index contributed by atoms with van der Waals surface area (Å²) in [5, 5.41) is 0. The van der Waals surface area contributed by atoms with Gasteiger partial charge in [-0.15, -0.1) is 0 Å². The van der Waals surface area contributed by atoms with Crippen molar-refractivity contribution in [1.29, 1.82) is 0 Å². The lowest BCUT2D eigenvalue weighted by molar-refractivity contribution is 0.380. The number of aryl methyl sites for hydroxylation is 1. The predicted octanol–water partition coefficient (Wildman–Crippen LogP) is 3.24. The highest BCUT2D eigenvalue weighted by Gasteiger charge is 2.18. The Labute approximate surface area is 92.7 Å². The Morgan fingerprint density at radius 1 is 1.40 bits per heavy atom. The maximum Gasteiger partial charge on any atom is 0.216 e. The molecule has 2 heteroatoms. The maximum absolute atomic E-state index is 5.25. The summed E-state index contributed by atoms with van der Waals surface area (Å²) in [6.07, 6.45) is 5.43. The average molecular weight is 207 g/mol. The highest BCUT2D eigenvalue weighted by molar-refractivity contribution is 5.36. The van der Waals surface area contributed by atoms with Crippen LogP contribution in [-0.4, -0.2) is 12.1 Å². The molecule has 0 aliphatic heterocycles. The van der Waals surface area contributed by atoms with Gasteiger partial charge in [0.2, 0.25) is 5.88 Å². The average Bonchev–Trinajstić information content (AvgIpc) is 2.31. The molecule has 1 aliphatic rings. The molecule has 2 rings (SSSR count). The summed E-state index contributed by atoms with van der Waals surface area (Å²) in [5.41, 5.74) is 2.74. The number of methoxy groups -OCH3 is 1. The van der Waals surface area contributed by atoms with Crippen LogP contribution in [0.3, 0.4) is 0 Å². The molecule has 0 saturated heterocycles. The van der Waals surface area contributed by atoms with Crippen LogP contribution in [0.4, 0.5) is 0 Å². The van der Waals surface area contributed by atoms with Crippen molar-refractivity contribution in [2.45, 2.75) is 40.0 Å². The monoisotopic (exact) mass is 207 g/mol. The van der Waals surface area contributed by atoms with Crippen LogP contribution in [0.15, 0.2) is 12.3 Å². The van der Waals surface area contributed by atoms with E-state index in [4.69, 9.17) is 4.74 Å². The molecular weight excluding hydrogens is 186 g/mol. The predicted molar refractivity (Wildman–Crippen MR) is 63.3 cm³/mol. The zero-order valence-corrected chi connectivity index (χ0v) is 10.2. The first-order valence-electron chi connectivity index (χ1n) is 5.82. The number of hydrogen-bond acceptors (Lipinski definition) is 2. The highest BCUT2D eigenvalue weighted by atomic mass is 16.5. The zero-order valence-electron chi connectivity index (χ0n) is 10.2. The van der Waals surface area contributed by atoms with Crippen molar-refractivity contribution >= 4 is 0 Å². The molecule has 0 bridgehead atoms. The van der Waals surface area contributed by atoms with Crippen LogP contribution in [-0.2, 0) is 12.8 Å². The van der Waals surface area contributed by atoms with E-state index in [1.807, 2.05) is 20.0 Å². The SMILES string of the molecule is CC.COc1nccc2c1CC(C)CC2. The summed E-state index contributed by atoms with van der Waals surface area (Å²) in [7, 11) is 1.70. The Hall–Kier alpha value is -1.05. The van der Waals surface area contributed by atoms with E-state index >= 15 is 0 Å². The van der Waals surface area contributed by atoms with E-state index in [-0.39, 0.29) is 0 Å².